The van der Waals surface area contributed by atoms with Crippen molar-refractivity contribution in [2.45, 2.75) is 38.6 Å². The lowest BCUT2D eigenvalue weighted by Crippen LogP contribution is -2.22. The molecule has 3 nitrogen and oxygen atoms in total. The molecule has 4 heteroatoms. The average Bonchev–Trinajstić information content (AvgIpc) is 2.34. The summed E-state index contributed by atoms with van der Waals surface area (Å²) in [5.41, 5.74) is 1.21. The molecule has 0 radical (unpaired) electrons. The number of nitrogens with one attached hydrogen (secondary N) is 1. The summed E-state index contributed by atoms with van der Waals surface area (Å²) < 4.78 is 0. The van der Waals surface area contributed by atoms with Crippen LogP contribution in [0.3, 0.4) is 0 Å². The van der Waals surface area contributed by atoms with Gasteiger partial charge in [0.25, 0.3) is 0 Å². The van der Waals surface area contributed by atoms with E-state index in [9.17, 15) is 4.79 Å². The first-order valence-corrected chi connectivity index (χ1v) is 6.72. The van der Waals surface area contributed by atoms with Gasteiger partial charge in [-0.3, -0.25) is 4.79 Å². The molecule has 0 amide bonds. The van der Waals surface area contributed by atoms with Crippen LogP contribution in [0.1, 0.15) is 44.2 Å². The Balaban J connectivity index is 2.48. The first-order chi connectivity index (χ1) is 8.63. The van der Waals surface area contributed by atoms with E-state index in [1.165, 1.54) is 5.56 Å². The van der Waals surface area contributed by atoms with Gasteiger partial charge < -0.3 is 10.4 Å². The van der Waals surface area contributed by atoms with Gasteiger partial charge in [0.15, 0.2) is 0 Å². The molecule has 1 aromatic carbocycles. The second-order valence-electron chi connectivity index (χ2n) is 4.34. The maximum absolute atomic E-state index is 10.4. The van der Waals surface area contributed by atoms with E-state index in [0.717, 1.165) is 24.4 Å². The van der Waals surface area contributed by atoms with Crippen LogP contribution in [0.25, 0.3) is 0 Å². The normalized spacial score (nSPS) is 12.3. The molecule has 0 fully saturated rings. The smallest absolute Gasteiger partial charge is 0.303 e. The Labute approximate surface area is 113 Å². The molecule has 18 heavy (non-hydrogen) atoms. The van der Waals surface area contributed by atoms with Gasteiger partial charge in [-0.2, -0.15) is 0 Å². The molecular weight excluding hydrogens is 250 g/mol. The van der Waals surface area contributed by atoms with Gasteiger partial charge in [0, 0.05) is 17.5 Å². The minimum atomic E-state index is -0.740. The summed E-state index contributed by atoms with van der Waals surface area (Å²) in [5, 5.41) is 12.7. The third kappa shape index (κ3) is 5.52. The van der Waals surface area contributed by atoms with Crippen LogP contribution < -0.4 is 5.32 Å². The van der Waals surface area contributed by atoms with E-state index in [1.54, 1.807) is 0 Å². The summed E-state index contributed by atoms with van der Waals surface area (Å²) in [6.45, 7) is 2.86. The van der Waals surface area contributed by atoms with Gasteiger partial charge in [0.05, 0.1) is 0 Å². The molecule has 0 aliphatic rings. The molecule has 100 valence electrons. The van der Waals surface area contributed by atoms with E-state index in [-0.39, 0.29) is 12.5 Å². The first kappa shape index (κ1) is 15.0. The third-order valence-corrected chi connectivity index (χ3v) is 3.06. The molecule has 0 aliphatic carbocycles. The molecule has 0 aliphatic heterocycles. The highest BCUT2D eigenvalue weighted by molar-refractivity contribution is 6.30. The zero-order chi connectivity index (χ0) is 13.4. The van der Waals surface area contributed by atoms with Crippen molar-refractivity contribution >= 4 is 17.6 Å². The van der Waals surface area contributed by atoms with Crippen molar-refractivity contribution in [3.05, 3.63) is 34.9 Å². The number of benzene rings is 1. The fraction of sp³-hybridized carbons (Fsp3) is 0.500. The van der Waals surface area contributed by atoms with Crippen molar-refractivity contribution in [3.8, 4) is 0 Å². The summed E-state index contributed by atoms with van der Waals surface area (Å²) in [7, 11) is 0. The minimum absolute atomic E-state index is 0.215. The molecule has 1 atom stereocenters. The van der Waals surface area contributed by atoms with Crippen molar-refractivity contribution in [2.75, 3.05) is 6.54 Å². The van der Waals surface area contributed by atoms with Crippen molar-refractivity contribution in [1.82, 2.24) is 5.32 Å². The fourth-order valence-electron chi connectivity index (χ4n) is 1.89. The number of hydrogen-bond donors (Lipinski definition) is 2. The van der Waals surface area contributed by atoms with Crippen LogP contribution in [-0.2, 0) is 4.79 Å². The maximum Gasteiger partial charge on any atom is 0.303 e. The Hall–Kier alpha value is -1.06. The Morgan fingerprint density at radius 2 is 2.06 bits per heavy atom. The third-order valence-electron chi connectivity index (χ3n) is 2.81. The second-order valence-corrected chi connectivity index (χ2v) is 4.78. The Morgan fingerprint density at radius 1 is 1.39 bits per heavy atom. The van der Waals surface area contributed by atoms with Crippen LogP contribution in [-0.4, -0.2) is 17.6 Å². The molecule has 0 aromatic heterocycles. The maximum atomic E-state index is 10.4. The highest BCUT2D eigenvalue weighted by atomic mass is 35.5. The largest absolute Gasteiger partial charge is 0.481 e. The monoisotopic (exact) mass is 269 g/mol. The van der Waals surface area contributed by atoms with E-state index in [2.05, 4.69) is 12.2 Å². The van der Waals surface area contributed by atoms with Crippen LogP contribution in [0.2, 0.25) is 5.02 Å². The topological polar surface area (TPSA) is 49.3 Å². The van der Waals surface area contributed by atoms with Crippen LogP contribution in [0, 0.1) is 0 Å². The van der Waals surface area contributed by atoms with E-state index < -0.39 is 5.97 Å². The standard InChI is InChI=1S/C14H20ClNO2/c1-2-4-13(16-10-3-5-14(17)18)11-6-8-12(15)9-7-11/h6-9,13,16H,2-5,10H2,1H3,(H,17,18). The van der Waals surface area contributed by atoms with Crippen LogP contribution in [0.15, 0.2) is 24.3 Å². The summed E-state index contributed by atoms with van der Waals surface area (Å²) in [6.07, 6.45) is 2.99. The molecule has 1 aromatic rings. The van der Waals surface area contributed by atoms with Gasteiger partial charge in [0.1, 0.15) is 0 Å². The van der Waals surface area contributed by atoms with E-state index in [0.29, 0.717) is 6.42 Å². The second kappa shape index (κ2) is 8.11. The minimum Gasteiger partial charge on any atom is -0.481 e. The number of carboxylic acid groups (broad SMARTS) is 1. The zero-order valence-corrected chi connectivity index (χ0v) is 11.4. The van der Waals surface area contributed by atoms with Gasteiger partial charge in [-0.25, -0.2) is 0 Å². The van der Waals surface area contributed by atoms with E-state index in [4.69, 9.17) is 16.7 Å². The lowest BCUT2D eigenvalue weighted by Gasteiger charge is -2.18. The molecular formula is C14H20ClNO2. The highest BCUT2D eigenvalue weighted by Gasteiger charge is 2.09. The molecule has 0 spiro atoms. The quantitative estimate of drug-likeness (QED) is 0.709. The van der Waals surface area contributed by atoms with Crippen LogP contribution in [0.5, 0.6) is 0 Å². The number of hydrogen-bond acceptors (Lipinski definition) is 2. The Morgan fingerprint density at radius 3 is 2.61 bits per heavy atom. The van der Waals surface area contributed by atoms with Gasteiger partial charge in [-0.05, 0) is 37.1 Å². The Bertz CT molecular complexity index is 365. The van der Waals surface area contributed by atoms with Crippen molar-refractivity contribution in [2.24, 2.45) is 0 Å². The van der Waals surface area contributed by atoms with Gasteiger partial charge in [-0.1, -0.05) is 37.1 Å². The molecule has 0 saturated heterocycles. The van der Waals surface area contributed by atoms with Gasteiger partial charge in [0.2, 0.25) is 0 Å². The van der Waals surface area contributed by atoms with Crippen molar-refractivity contribution in [1.29, 1.82) is 0 Å². The molecule has 0 heterocycles. The predicted octanol–water partition coefficient (Wildman–Crippen LogP) is 3.64. The summed E-state index contributed by atoms with van der Waals surface area (Å²) in [5.74, 6) is -0.740. The predicted molar refractivity (Wildman–Crippen MR) is 74.0 cm³/mol. The van der Waals surface area contributed by atoms with Gasteiger partial charge >= 0.3 is 5.97 Å². The molecule has 1 rings (SSSR count). The van der Waals surface area contributed by atoms with Crippen LogP contribution in [0.4, 0.5) is 0 Å². The fourth-order valence-corrected chi connectivity index (χ4v) is 2.01. The number of carbonyl (C=O) groups is 1. The highest BCUT2D eigenvalue weighted by Crippen LogP contribution is 2.20. The number of aliphatic carboxylic acids is 1. The zero-order valence-electron chi connectivity index (χ0n) is 10.7. The molecule has 1 unspecified atom stereocenters. The lowest BCUT2D eigenvalue weighted by atomic mass is 10.0. The summed E-state index contributed by atoms with van der Waals surface area (Å²) in [4.78, 5) is 10.4. The van der Waals surface area contributed by atoms with E-state index in [1.807, 2.05) is 24.3 Å². The first-order valence-electron chi connectivity index (χ1n) is 6.34. The lowest BCUT2D eigenvalue weighted by molar-refractivity contribution is -0.137. The molecule has 2 N–H and O–H groups in total. The Kier molecular flexibility index (Phi) is 6.76. The number of rotatable bonds is 8. The average molecular weight is 270 g/mol. The number of halogens is 1. The number of carboxylic acids is 1. The van der Waals surface area contributed by atoms with Crippen molar-refractivity contribution in [3.63, 3.8) is 0 Å². The summed E-state index contributed by atoms with van der Waals surface area (Å²) >= 11 is 5.87. The summed E-state index contributed by atoms with van der Waals surface area (Å²) in [6, 6.07) is 8.09. The van der Waals surface area contributed by atoms with Crippen molar-refractivity contribution < 1.29 is 9.90 Å². The van der Waals surface area contributed by atoms with Gasteiger partial charge in [-0.15, -0.1) is 0 Å². The SMILES string of the molecule is CCCC(NCCCC(=O)O)c1ccc(Cl)cc1. The van der Waals surface area contributed by atoms with Crippen LogP contribution >= 0.6 is 11.6 Å². The molecule has 0 saturated carbocycles. The molecule has 0 bridgehead atoms. The van der Waals surface area contributed by atoms with E-state index >= 15 is 0 Å².